The lowest BCUT2D eigenvalue weighted by Crippen LogP contribution is -1.98. The van der Waals surface area contributed by atoms with Gasteiger partial charge in [-0.25, -0.2) is 4.98 Å². The first-order valence-corrected chi connectivity index (χ1v) is 9.75. The summed E-state index contributed by atoms with van der Waals surface area (Å²) in [5, 5.41) is 15.5. The predicted octanol–water partition coefficient (Wildman–Crippen LogP) is 5.05. The second-order valence-electron chi connectivity index (χ2n) is 6.63. The number of aromatic nitrogens is 6. The minimum absolute atomic E-state index is 0. The van der Waals surface area contributed by atoms with Crippen molar-refractivity contribution in [3.63, 3.8) is 0 Å². The zero-order chi connectivity index (χ0) is 18.7. The second-order valence-corrected chi connectivity index (χ2v) is 7.72. The fraction of sp³-hybridized carbons (Fsp3) is 0.0476. The molecule has 142 valence electrons. The molecule has 0 amide bonds. The van der Waals surface area contributed by atoms with Gasteiger partial charge in [-0.2, -0.15) is 9.61 Å². The molecule has 0 N–H and O–H groups in total. The summed E-state index contributed by atoms with van der Waals surface area (Å²) in [6.07, 6.45) is 4.07. The third kappa shape index (κ3) is 2.70. The van der Waals surface area contributed by atoms with E-state index >= 15 is 0 Å². The standard InChI is InChI=1S/C21H14N6S.ClH/c1-13-23-24-21-15-7-3-2-6-14(15)20(25-27(13)21)18-10-9-17(28-18)16-12-26-11-5-4-8-19(26)22-16;/h2-12H,1H3;1H. The summed E-state index contributed by atoms with van der Waals surface area (Å²) in [5.74, 6) is 0.777. The molecule has 6 nitrogen and oxygen atoms in total. The Bertz CT molecular complexity index is 1460. The van der Waals surface area contributed by atoms with E-state index in [9.17, 15) is 0 Å². The molecule has 0 atom stereocenters. The Kier molecular flexibility index (Phi) is 4.08. The first-order valence-electron chi connectivity index (χ1n) is 8.93. The summed E-state index contributed by atoms with van der Waals surface area (Å²) in [4.78, 5) is 6.95. The lowest BCUT2D eigenvalue weighted by Gasteiger charge is -2.06. The van der Waals surface area contributed by atoms with Crippen LogP contribution in [0.5, 0.6) is 0 Å². The molecule has 0 bridgehead atoms. The molecule has 1 aromatic carbocycles. The number of halogens is 1. The molecule has 0 saturated carbocycles. The lowest BCUT2D eigenvalue weighted by atomic mass is 10.1. The highest BCUT2D eigenvalue weighted by Gasteiger charge is 2.16. The Labute approximate surface area is 175 Å². The van der Waals surface area contributed by atoms with E-state index in [0.717, 1.165) is 49.0 Å². The molecule has 29 heavy (non-hydrogen) atoms. The summed E-state index contributed by atoms with van der Waals surface area (Å²) in [6.45, 7) is 1.92. The zero-order valence-corrected chi connectivity index (χ0v) is 17.0. The Morgan fingerprint density at radius 2 is 1.66 bits per heavy atom. The van der Waals surface area contributed by atoms with Crippen molar-refractivity contribution in [2.45, 2.75) is 6.92 Å². The van der Waals surface area contributed by atoms with Gasteiger partial charge in [-0.3, -0.25) is 0 Å². The Morgan fingerprint density at radius 3 is 2.52 bits per heavy atom. The van der Waals surface area contributed by atoms with Gasteiger partial charge < -0.3 is 4.40 Å². The fourth-order valence-electron chi connectivity index (χ4n) is 3.52. The second kappa shape index (κ2) is 6.65. The fourth-order valence-corrected chi connectivity index (χ4v) is 4.48. The molecule has 0 unspecified atom stereocenters. The molecular weight excluding hydrogens is 404 g/mol. The Balaban J connectivity index is 0.00000181. The highest BCUT2D eigenvalue weighted by Crippen LogP contribution is 2.37. The molecule has 5 heterocycles. The van der Waals surface area contributed by atoms with Crippen molar-refractivity contribution >= 4 is 45.8 Å². The van der Waals surface area contributed by atoms with Crippen molar-refractivity contribution in [3.05, 3.63) is 72.8 Å². The van der Waals surface area contributed by atoms with E-state index in [1.54, 1.807) is 11.3 Å². The number of benzene rings is 1. The average molecular weight is 419 g/mol. The van der Waals surface area contributed by atoms with Crippen LogP contribution in [-0.2, 0) is 0 Å². The van der Waals surface area contributed by atoms with Crippen LogP contribution in [0, 0.1) is 6.92 Å². The summed E-state index contributed by atoms with van der Waals surface area (Å²) in [5.41, 5.74) is 3.63. The van der Waals surface area contributed by atoms with Crippen molar-refractivity contribution in [2.75, 3.05) is 0 Å². The minimum Gasteiger partial charge on any atom is -0.306 e. The van der Waals surface area contributed by atoms with Crippen LogP contribution in [0.15, 0.2) is 67.0 Å². The summed E-state index contributed by atoms with van der Waals surface area (Å²) >= 11 is 1.69. The third-order valence-electron chi connectivity index (χ3n) is 4.88. The predicted molar refractivity (Wildman–Crippen MR) is 118 cm³/mol. The van der Waals surface area contributed by atoms with Crippen molar-refractivity contribution < 1.29 is 0 Å². The van der Waals surface area contributed by atoms with Crippen LogP contribution in [0.3, 0.4) is 0 Å². The molecule has 0 radical (unpaired) electrons. The molecule has 0 spiro atoms. The van der Waals surface area contributed by atoms with Gasteiger partial charge in [0.2, 0.25) is 0 Å². The van der Waals surface area contributed by atoms with E-state index in [1.807, 2.05) is 52.4 Å². The monoisotopic (exact) mass is 418 g/mol. The van der Waals surface area contributed by atoms with Gasteiger partial charge >= 0.3 is 0 Å². The number of pyridine rings is 1. The Morgan fingerprint density at radius 1 is 0.862 bits per heavy atom. The van der Waals surface area contributed by atoms with E-state index in [1.165, 1.54) is 0 Å². The van der Waals surface area contributed by atoms with Gasteiger partial charge in [-0.05, 0) is 31.2 Å². The maximum atomic E-state index is 4.86. The quantitative estimate of drug-likeness (QED) is 0.394. The molecule has 0 fully saturated rings. The summed E-state index contributed by atoms with van der Waals surface area (Å²) in [7, 11) is 0. The molecular formula is C21H15ClN6S. The molecule has 6 rings (SSSR count). The highest BCUT2D eigenvalue weighted by atomic mass is 35.5. The zero-order valence-electron chi connectivity index (χ0n) is 15.4. The normalized spacial score (nSPS) is 11.3. The number of rotatable bonds is 2. The smallest absolute Gasteiger partial charge is 0.185 e. The van der Waals surface area contributed by atoms with Crippen molar-refractivity contribution in [1.29, 1.82) is 0 Å². The van der Waals surface area contributed by atoms with Gasteiger partial charge in [-0.1, -0.05) is 30.3 Å². The van der Waals surface area contributed by atoms with E-state index in [2.05, 4.69) is 40.7 Å². The number of nitrogens with zero attached hydrogens (tertiary/aromatic N) is 6. The maximum absolute atomic E-state index is 4.86. The molecule has 0 saturated heterocycles. The molecule has 5 aromatic heterocycles. The van der Waals surface area contributed by atoms with Crippen LogP contribution in [-0.4, -0.2) is 29.2 Å². The van der Waals surface area contributed by atoms with Crippen LogP contribution >= 0.6 is 23.7 Å². The maximum Gasteiger partial charge on any atom is 0.185 e. The van der Waals surface area contributed by atoms with Crippen molar-refractivity contribution in [1.82, 2.24) is 29.2 Å². The number of hydrogen-bond acceptors (Lipinski definition) is 5. The van der Waals surface area contributed by atoms with Crippen LogP contribution in [0.4, 0.5) is 0 Å². The lowest BCUT2D eigenvalue weighted by molar-refractivity contribution is 0.887. The minimum atomic E-state index is 0. The van der Waals surface area contributed by atoms with Gasteiger partial charge in [0.1, 0.15) is 11.3 Å². The van der Waals surface area contributed by atoms with E-state index in [0.29, 0.717) is 0 Å². The SMILES string of the molecule is Cc1nnc2c3ccccc3c(-c3ccc(-c4cn5ccccc5n4)s3)nn12.Cl. The number of aryl methyl sites for hydroxylation is 1. The average Bonchev–Trinajstić information content (AvgIpc) is 3.45. The Hall–Kier alpha value is -3.29. The van der Waals surface area contributed by atoms with Gasteiger partial charge in [0.25, 0.3) is 0 Å². The third-order valence-corrected chi connectivity index (χ3v) is 5.99. The van der Waals surface area contributed by atoms with Gasteiger partial charge in [-0.15, -0.1) is 33.9 Å². The number of thiophene rings is 1. The van der Waals surface area contributed by atoms with Crippen LogP contribution in [0.1, 0.15) is 5.82 Å². The van der Waals surface area contributed by atoms with E-state index in [-0.39, 0.29) is 12.4 Å². The van der Waals surface area contributed by atoms with Gasteiger partial charge in [0.15, 0.2) is 11.5 Å². The summed E-state index contributed by atoms with van der Waals surface area (Å²) < 4.78 is 3.86. The molecule has 8 heteroatoms. The first kappa shape index (κ1) is 17.8. The highest BCUT2D eigenvalue weighted by molar-refractivity contribution is 7.18. The van der Waals surface area contributed by atoms with Crippen LogP contribution < -0.4 is 0 Å². The first-order chi connectivity index (χ1) is 13.8. The molecule has 0 aliphatic rings. The number of hydrogen-bond donors (Lipinski definition) is 0. The molecule has 6 aromatic rings. The van der Waals surface area contributed by atoms with Crippen molar-refractivity contribution in [3.8, 4) is 21.1 Å². The van der Waals surface area contributed by atoms with Gasteiger partial charge in [0.05, 0.1) is 15.4 Å². The van der Waals surface area contributed by atoms with Crippen LogP contribution in [0.2, 0.25) is 0 Å². The topological polar surface area (TPSA) is 60.4 Å². The van der Waals surface area contributed by atoms with Crippen molar-refractivity contribution in [2.24, 2.45) is 0 Å². The summed E-state index contributed by atoms with van der Waals surface area (Å²) in [6, 6.07) is 18.5. The number of fused-ring (bicyclic) bond motifs is 4. The molecule has 0 aliphatic carbocycles. The van der Waals surface area contributed by atoms with E-state index in [4.69, 9.17) is 10.1 Å². The molecule has 0 aliphatic heterocycles. The van der Waals surface area contributed by atoms with E-state index < -0.39 is 0 Å². The number of imidazole rings is 1. The van der Waals surface area contributed by atoms with Crippen LogP contribution in [0.25, 0.3) is 43.2 Å². The largest absolute Gasteiger partial charge is 0.306 e. The van der Waals surface area contributed by atoms with Gasteiger partial charge in [0, 0.05) is 23.2 Å².